The van der Waals surface area contributed by atoms with E-state index < -0.39 is 0 Å². The van der Waals surface area contributed by atoms with Crippen LogP contribution in [0.15, 0.2) is 48.5 Å². The Bertz CT molecular complexity index is 497. The predicted octanol–water partition coefficient (Wildman–Crippen LogP) is 4.16. The molecule has 0 heterocycles. The second kappa shape index (κ2) is 4.78. The third kappa shape index (κ3) is 2.50. The second-order valence-electron chi connectivity index (χ2n) is 3.64. The van der Waals surface area contributed by atoms with Crippen LogP contribution in [0.3, 0.4) is 0 Å². The summed E-state index contributed by atoms with van der Waals surface area (Å²) in [6.07, 6.45) is 0. The molecule has 2 aromatic rings. The van der Waals surface area contributed by atoms with Crippen molar-refractivity contribution in [2.45, 2.75) is 6.92 Å². The molecule has 0 amide bonds. The topological polar surface area (TPSA) is 17.1 Å². The van der Waals surface area contributed by atoms with Gasteiger partial charge in [0.05, 0.1) is 0 Å². The fourth-order valence-corrected chi connectivity index (χ4v) is 1.90. The summed E-state index contributed by atoms with van der Waals surface area (Å²) in [5.41, 5.74) is 3.08. The molecule has 80 valence electrons. The quantitative estimate of drug-likeness (QED) is 0.599. The van der Waals surface area contributed by atoms with E-state index in [-0.39, 0.29) is 5.78 Å². The zero-order valence-electron chi connectivity index (χ0n) is 8.91. The molecule has 1 nitrogen and oxygen atoms in total. The fraction of sp³-hybridized carbons (Fsp3) is 0.0714. The van der Waals surface area contributed by atoms with Crippen LogP contribution in [0.4, 0.5) is 0 Å². The van der Waals surface area contributed by atoms with Gasteiger partial charge in [0, 0.05) is 9.13 Å². The normalized spacial score (nSPS) is 10.1. The van der Waals surface area contributed by atoms with Gasteiger partial charge in [-0.3, -0.25) is 4.79 Å². The molecule has 0 N–H and O–H groups in total. The molecule has 2 rings (SSSR count). The number of carbonyl (C=O) groups is 1. The summed E-state index contributed by atoms with van der Waals surface area (Å²) in [7, 11) is 0. The van der Waals surface area contributed by atoms with Crippen LogP contribution in [0.2, 0.25) is 0 Å². The maximum absolute atomic E-state index is 11.1. The molecule has 0 spiro atoms. The summed E-state index contributed by atoms with van der Waals surface area (Å²) in [6.45, 7) is 1.58. The Labute approximate surface area is 109 Å². The average molecular weight is 322 g/mol. The van der Waals surface area contributed by atoms with Crippen LogP contribution in [-0.4, -0.2) is 5.78 Å². The van der Waals surface area contributed by atoms with Gasteiger partial charge < -0.3 is 0 Å². The van der Waals surface area contributed by atoms with Crippen molar-refractivity contribution in [1.29, 1.82) is 0 Å². The van der Waals surface area contributed by atoms with Crippen LogP contribution in [0.25, 0.3) is 11.1 Å². The van der Waals surface area contributed by atoms with Crippen molar-refractivity contribution in [3.8, 4) is 11.1 Å². The van der Waals surface area contributed by atoms with Gasteiger partial charge in [0.2, 0.25) is 0 Å². The molecule has 16 heavy (non-hydrogen) atoms. The summed E-state index contributed by atoms with van der Waals surface area (Å²) in [5, 5.41) is 0. The molecule has 0 aliphatic rings. The third-order valence-electron chi connectivity index (χ3n) is 2.47. The molecule has 0 aromatic heterocycles. The van der Waals surface area contributed by atoms with E-state index in [4.69, 9.17) is 0 Å². The molecule has 0 aliphatic carbocycles. The van der Waals surface area contributed by atoms with Crippen LogP contribution in [0.1, 0.15) is 17.3 Å². The van der Waals surface area contributed by atoms with Gasteiger partial charge in [-0.2, -0.15) is 0 Å². The van der Waals surface area contributed by atoms with Gasteiger partial charge in [-0.05, 0) is 52.8 Å². The molecule has 0 saturated carbocycles. The van der Waals surface area contributed by atoms with Gasteiger partial charge in [-0.25, -0.2) is 0 Å². The van der Waals surface area contributed by atoms with Crippen molar-refractivity contribution in [2.75, 3.05) is 0 Å². The number of carbonyl (C=O) groups excluding carboxylic acids is 1. The summed E-state index contributed by atoms with van der Waals surface area (Å²) in [6, 6.07) is 16.0. The number of hydrogen-bond acceptors (Lipinski definition) is 1. The maximum atomic E-state index is 11.1. The standard InChI is InChI=1S/C14H11IO/c1-10(16)11-2-4-12(5-3-11)13-6-8-14(15)9-7-13/h2-9H,1H3. The number of ketones is 1. The van der Waals surface area contributed by atoms with E-state index in [1.807, 2.05) is 24.3 Å². The first-order valence-electron chi connectivity index (χ1n) is 5.04. The lowest BCUT2D eigenvalue weighted by Gasteiger charge is -2.02. The minimum atomic E-state index is 0.106. The molecule has 0 saturated heterocycles. The third-order valence-corrected chi connectivity index (χ3v) is 3.19. The number of hydrogen-bond donors (Lipinski definition) is 0. The van der Waals surface area contributed by atoms with Gasteiger partial charge in [-0.1, -0.05) is 36.4 Å². The Morgan fingerprint density at radius 2 is 1.31 bits per heavy atom. The van der Waals surface area contributed by atoms with Crippen LogP contribution >= 0.6 is 22.6 Å². The van der Waals surface area contributed by atoms with E-state index in [0.717, 1.165) is 11.1 Å². The molecular weight excluding hydrogens is 311 g/mol. The van der Waals surface area contributed by atoms with E-state index in [0.29, 0.717) is 0 Å². The molecule has 2 heteroatoms. The summed E-state index contributed by atoms with van der Waals surface area (Å²) in [4.78, 5) is 11.1. The summed E-state index contributed by atoms with van der Waals surface area (Å²) >= 11 is 2.29. The maximum Gasteiger partial charge on any atom is 0.159 e. The summed E-state index contributed by atoms with van der Waals surface area (Å²) < 4.78 is 1.22. The molecular formula is C14H11IO. The first-order chi connectivity index (χ1) is 7.66. The van der Waals surface area contributed by atoms with Crippen molar-refractivity contribution in [2.24, 2.45) is 0 Å². The molecule has 0 aliphatic heterocycles. The van der Waals surface area contributed by atoms with E-state index in [9.17, 15) is 4.79 Å². The van der Waals surface area contributed by atoms with Crippen LogP contribution in [-0.2, 0) is 0 Å². The average Bonchev–Trinajstić information content (AvgIpc) is 2.30. The van der Waals surface area contributed by atoms with Gasteiger partial charge in [-0.15, -0.1) is 0 Å². The largest absolute Gasteiger partial charge is 0.295 e. The van der Waals surface area contributed by atoms with Crippen molar-refractivity contribution < 1.29 is 4.79 Å². The Kier molecular flexibility index (Phi) is 3.39. The Balaban J connectivity index is 2.34. The minimum absolute atomic E-state index is 0.106. The molecule has 0 atom stereocenters. The van der Waals surface area contributed by atoms with Crippen LogP contribution < -0.4 is 0 Å². The van der Waals surface area contributed by atoms with Gasteiger partial charge in [0.1, 0.15) is 0 Å². The first kappa shape index (κ1) is 11.3. The van der Waals surface area contributed by atoms with Crippen LogP contribution in [0.5, 0.6) is 0 Å². The Hall–Kier alpha value is -1.16. The highest BCUT2D eigenvalue weighted by Crippen LogP contribution is 2.20. The molecule has 0 unspecified atom stereocenters. The van der Waals surface area contributed by atoms with Crippen molar-refractivity contribution in [1.82, 2.24) is 0 Å². The Morgan fingerprint density at radius 1 is 0.875 bits per heavy atom. The van der Waals surface area contributed by atoms with Crippen molar-refractivity contribution >= 4 is 28.4 Å². The lowest BCUT2D eigenvalue weighted by atomic mass is 10.0. The number of Topliss-reactive ketones (excluding diaryl/α,β-unsaturated/α-hetero) is 1. The molecule has 0 bridgehead atoms. The highest BCUT2D eigenvalue weighted by Gasteiger charge is 2.00. The zero-order chi connectivity index (χ0) is 11.5. The predicted molar refractivity (Wildman–Crippen MR) is 74.6 cm³/mol. The lowest BCUT2D eigenvalue weighted by molar-refractivity contribution is 0.101. The van der Waals surface area contributed by atoms with E-state index in [1.165, 1.54) is 9.13 Å². The van der Waals surface area contributed by atoms with E-state index in [1.54, 1.807) is 6.92 Å². The fourth-order valence-electron chi connectivity index (χ4n) is 1.54. The van der Waals surface area contributed by atoms with Gasteiger partial charge in [0.25, 0.3) is 0 Å². The SMILES string of the molecule is CC(=O)c1ccc(-c2ccc(I)cc2)cc1. The van der Waals surface area contributed by atoms with Crippen molar-refractivity contribution in [3.05, 3.63) is 57.7 Å². The van der Waals surface area contributed by atoms with Crippen molar-refractivity contribution in [3.63, 3.8) is 0 Å². The number of halogens is 1. The molecule has 0 radical (unpaired) electrons. The van der Waals surface area contributed by atoms with Gasteiger partial charge >= 0.3 is 0 Å². The monoisotopic (exact) mass is 322 g/mol. The van der Waals surface area contributed by atoms with Gasteiger partial charge in [0.15, 0.2) is 5.78 Å². The van der Waals surface area contributed by atoms with Crippen LogP contribution in [0, 0.1) is 3.57 Å². The minimum Gasteiger partial charge on any atom is -0.295 e. The molecule has 2 aromatic carbocycles. The lowest BCUT2D eigenvalue weighted by Crippen LogP contribution is -1.90. The van der Waals surface area contributed by atoms with E-state index >= 15 is 0 Å². The highest BCUT2D eigenvalue weighted by atomic mass is 127. The highest BCUT2D eigenvalue weighted by molar-refractivity contribution is 14.1. The second-order valence-corrected chi connectivity index (χ2v) is 4.89. The molecule has 0 fully saturated rings. The number of benzene rings is 2. The zero-order valence-corrected chi connectivity index (χ0v) is 11.1. The smallest absolute Gasteiger partial charge is 0.159 e. The Morgan fingerprint density at radius 3 is 1.75 bits per heavy atom. The summed E-state index contributed by atoms with van der Waals surface area (Å²) in [5.74, 6) is 0.106. The number of rotatable bonds is 2. The first-order valence-corrected chi connectivity index (χ1v) is 6.11. The van der Waals surface area contributed by atoms with E-state index in [2.05, 4.69) is 46.9 Å².